The van der Waals surface area contributed by atoms with Crippen LogP contribution in [0.4, 0.5) is 0 Å². The first kappa shape index (κ1) is 18.8. The maximum atomic E-state index is 3.51. The largest absolute Gasteiger partial charge is 0.0587 e. The van der Waals surface area contributed by atoms with Crippen LogP contribution in [0.2, 0.25) is 0 Å². The van der Waals surface area contributed by atoms with Gasteiger partial charge in [0.05, 0.1) is 0 Å². The summed E-state index contributed by atoms with van der Waals surface area (Å²) >= 11 is 0. The fourth-order valence-electron chi connectivity index (χ4n) is 3.23. The number of benzene rings is 2. The van der Waals surface area contributed by atoms with Gasteiger partial charge in [0.1, 0.15) is 0 Å². The predicted molar refractivity (Wildman–Crippen MR) is 107 cm³/mol. The van der Waals surface area contributed by atoms with Gasteiger partial charge in [0.2, 0.25) is 0 Å². The van der Waals surface area contributed by atoms with E-state index in [0.29, 0.717) is 23.7 Å². The summed E-state index contributed by atoms with van der Waals surface area (Å²) in [5.74, 6) is 2.09. The van der Waals surface area contributed by atoms with E-state index in [2.05, 4.69) is 91.8 Å². The molecule has 0 saturated carbocycles. The Labute approximate surface area is 149 Å². The lowest BCUT2D eigenvalue weighted by Crippen LogP contribution is -2.01. The zero-order chi connectivity index (χ0) is 18.0. The van der Waals surface area contributed by atoms with Crippen molar-refractivity contribution >= 4 is 0 Å². The van der Waals surface area contributed by atoms with Crippen molar-refractivity contribution in [2.24, 2.45) is 0 Å². The second-order valence-corrected chi connectivity index (χ2v) is 8.22. The molecule has 0 atom stereocenters. The Morgan fingerprint density at radius 1 is 0.625 bits per heavy atom. The number of hydrogen-bond donors (Lipinski definition) is 0. The lowest BCUT2D eigenvalue weighted by atomic mass is 9.83. The van der Waals surface area contributed by atoms with Crippen molar-refractivity contribution in [3.63, 3.8) is 0 Å². The highest BCUT2D eigenvalue weighted by atomic mass is 14.2. The molecule has 2 aromatic rings. The topological polar surface area (TPSA) is 0 Å². The Morgan fingerprint density at radius 2 is 1.25 bits per heavy atom. The molecule has 1 radical (unpaired) electrons. The fraction of sp³-hybridized carbons (Fsp3) is 0.500. The van der Waals surface area contributed by atoms with Crippen LogP contribution >= 0.6 is 0 Å². The van der Waals surface area contributed by atoms with Crippen LogP contribution < -0.4 is 0 Å². The summed E-state index contributed by atoms with van der Waals surface area (Å²) in [6.45, 7) is 18.2. The minimum absolute atomic E-state index is 0.502. The van der Waals surface area contributed by atoms with E-state index in [1.54, 1.807) is 0 Å². The Kier molecular flexibility index (Phi) is 5.91. The number of rotatable bonds is 5. The van der Waals surface area contributed by atoms with Crippen LogP contribution in [0.5, 0.6) is 0 Å². The minimum Gasteiger partial charge on any atom is -0.0587 e. The highest BCUT2D eigenvalue weighted by Crippen LogP contribution is 2.37. The molecule has 0 aliphatic rings. The summed E-state index contributed by atoms with van der Waals surface area (Å²) < 4.78 is 0. The van der Waals surface area contributed by atoms with Crippen LogP contribution in [0.15, 0.2) is 30.3 Å². The second-order valence-electron chi connectivity index (χ2n) is 8.22. The third kappa shape index (κ3) is 3.91. The average Bonchev–Trinajstić information content (AvgIpc) is 2.53. The van der Waals surface area contributed by atoms with Crippen LogP contribution in [-0.4, -0.2) is 0 Å². The normalized spacial score (nSPS) is 12.0. The van der Waals surface area contributed by atoms with E-state index in [1.165, 1.54) is 33.4 Å². The van der Waals surface area contributed by atoms with E-state index in [-0.39, 0.29) is 0 Å². The third-order valence-corrected chi connectivity index (χ3v) is 4.90. The van der Waals surface area contributed by atoms with Gasteiger partial charge in [-0.15, -0.1) is 0 Å². The Hall–Kier alpha value is -1.56. The molecule has 0 amide bonds. The molecular weight excluding hydrogens is 288 g/mol. The SMILES string of the molecule is CC(C)c1[c]cc(C(C)C)c(-c2ccc(C(C)C)cc2C(C)C)c1. The van der Waals surface area contributed by atoms with Crippen LogP contribution in [0, 0.1) is 6.07 Å². The van der Waals surface area contributed by atoms with Gasteiger partial charge >= 0.3 is 0 Å². The summed E-state index contributed by atoms with van der Waals surface area (Å²) in [6.07, 6.45) is 0. The van der Waals surface area contributed by atoms with E-state index in [1.807, 2.05) is 0 Å². The van der Waals surface area contributed by atoms with Gasteiger partial charge in [0.25, 0.3) is 0 Å². The van der Waals surface area contributed by atoms with Gasteiger partial charge in [0.15, 0.2) is 0 Å². The van der Waals surface area contributed by atoms with Crippen molar-refractivity contribution in [1.82, 2.24) is 0 Å². The Bertz CT molecular complexity index is 687. The first-order chi connectivity index (χ1) is 11.2. The minimum atomic E-state index is 0.502. The van der Waals surface area contributed by atoms with Crippen molar-refractivity contribution in [3.8, 4) is 11.1 Å². The van der Waals surface area contributed by atoms with Crippen LogP contribution in [0.1, 0.15) is 101 Å². The van der Waals surface area contributed by atoms with Gasteiger partial charge in [-0.2, -0.15) is 0 Å². The van der Waals surface area contributed by atoms with Gasteiger partial charge in [-0.25, -0.2) is 0 Å². The van der Waals surface area contributed by atoms with Gasteiger partial charge in [-0.3, -0.25) is 0 Å². The molecule has 2 rings (SSSR count). The number of hydrogen-bond acceptors (Lipinski definition) is 0. The maximum Gasteiger partial charge on any atom is -0.0143 e. The monoisotopic (exact) mass is 321 g/mol. The van der Waals surface area contributed by atoms with Crippen molar-refractivity contribution in [2.75, 3.05) is 0 Å². The smallest absolute Gasteiger partial charge is 0.0143 e. The van der Waals surface area contributed by atoms with E-state index in [4.69, 9.17) is 0 Å². The summed E-state index contributed by atoms with van der Waals surface area (Å²) in [7, 11) is 0. The zero-order valence-corrected chi connectivity index (χ0v) is 16.7. The van der Waals surface area contributed by atoms with Gasteiger partial charge < -0.3 is 0 Å². The summed E-state index contributed by atoms with van der Waals surface area (Å²) in [6, 6.07) is 15.2. The molecule has 0 heteroatoms. The second kappa shape index (κ2) is 7.55. The molecule has 0 saturated heterocycles. The van der Waals surface area contributed by atoms with Crippen molar-refractivity contribution in [1.29, 1.82) is 0 Å². The molecule has 0 fully saturated rings. The van der Waals surface area contributed by atoms with E-state index in [0.717, 1.165) is 0 Å². The average molecular weight is 322 g/mol. The highest BCUT2D eigenvalue weighted by Gasteiger charge is 2.16. The van der Waals surface area contributed by atoms with E-state index < -0.39 is 0 Å². The fourth-order valence-corrected chi connectivity index (χ4v) is 3.23. The molecule has 0 unspecified atom stereocenters. The molecule has 129 valence electrons. The Balaban J connectivity index is 2.72. The van der Waals surface area contributed by atoms with Crippen molar-refractivity contribution < 1.29 is 0 Å². The molecule has 0 aliphatic heterocycles. The molecule has 0 aliphatic carbocycles. The highest BCUT2D eigenvalue weighted by molar-refractivity contribution is 5.73. The zero-order valence-electron chi connectivity index (χ0n) is 16.7. The lowest BCUT2D eigenvalue weighted by molar-refractivity contribution is 0.829. The van der Waals surface area contributed by atoms with Gasteiger partial charge in [-0.1, -0.05) is 73.6 Å². The van der Waals surface area contributed by atoms with Crippen molar-refractivity contribution in [3.05, 3.63) is 58.7 Å². The molecule has 2 aromatic carbocycles. The van der Waals surface area contributed by atoms with Gasteiger partial charge in [-0.05, 0) is 75.3 Å². The summed E-state index contributed by atoms with van der Waals surface area (Å²) in [5.41, 5.74) is 8.39. The van der Waals surface area contributed by atoms with Gasteiger partial charge in [0, 0.05) is 0 Å². The molecular formula is C24H33. The third-order valence-electron chi connectivity index (χ3n) is 4.90. The molecule has 0 heterocycles. The predicted octanol–water partition coefficient (Wildman–Crippen LogP) is 7.65. The van der Waals surface area contributed by atoms with Crippen LogP contribution in [0.25, 0.3) is 11.1 Å². The quantitative estimate of drug-likeness (QED) is 0.530. The molecule has 0 bridgehead atoms. The molecule has 0 spiro atoms. The molecule has 24 heavy (non-hydrogen) atoms. The van der Waals surface area contributed by atoms with E-state index >= 15 is 0 Å². The standard InChI is InChI=1S/C24H33/c1-15(2)19-10-12-22(23(13-19)18(7)8)24-14-20(16(3)4)9-11-21(24)17(5)6/h10-18H,1-8H3. The van der Waals surface area contributed by atoms with Crippen LogP contribution in [0.3, 0.4) is 0 Å². The van der Waals surface area contributed by atoms with E-state index in [9.17, 15) is 0 Å². The summed E-state index contributed by atoms with van der Waals surface area (Å²) in [5, 5.41) is 0. The first-order valence-corrected chi connectivity index (χ1v) is 9.42. The van der Waals surface area contributed by atoms with Crippen molar-refractivity contribution in [2.45, 2.75) is 79.1 Å². The molecule has 0 aromatic heterocycles. The Morgan fingerprint density at radius 3 is 1.75 bits per heavy atom. The maximum absolute atomic E-state index is 3.51. The first-order valence-electron chi connectivity index (χ1n) is 9.42. The molecule has 0 nitrogen and oxygen atoms in total. The van der Waals surface area contributed by atoms with Crippen LogP contribution in [-0.2, 0) is 0 Å². The lowest BCUT2D eigenvalue weighted by Gasteiger charge is -2.21. The molecule has 0 N–H and O–H groups in total. The summed E-state index contributed by atoms with van der Waals surface area (Å²) in [4.78, 5) is 0.